The van der Waals surface area contributed by atoms with Crippen molar-refractivity contribution in [3.05, 3.63) is 70.3 Å². The smallest absolute Gasteiger partial charge is 0.368 e. The van der Waals surface area contributed by atoms with E-state index < -0.39 is 23.5 Å². The first-order chi connectivity index (χ1) is 20.8. The number of aryl methyl sites for hydroxylation is 1. The summed E-state index contributed by atoms with van der Waals surface area (Å²) < 4.78 is 82.0. The second kappa shape index (κ2) is 12.7. The van der Waals surface area contributed by atoms with Crippen molar-refractivity contribution in [3.8, 4) is 0 Å². The third-order valence-electron chi connectivity index (χ3n) is 7.91. The largest absolute Gasteiger partial charge is 0.416 e. The molecule has 2 aliphatic rings. The Labute approximate surface area is 252 Å². The Bertz CT molecular complexity index is 1450. The van der Waals surface area contributed by atoms with Gasteiger partial charge in [0.05, 0.1) is 16.6 Å². The van der Waals surface area contributed by atoms with Gasteiger partial charge in [0.15, 0.2) is 0 Å². The van der Waals surface area contributed by atoms with Crippen LogP contribution in [0.2, 0.25) is 0 Å². The Morgan fingerprint density at radius 1 is 0.932 bits per heavy atom. The Hall–Kier alpha value is -3.74. The molecule has 7 nitrogen and oxygen atoms in total. The highest BCUT2D eigenvalue weighted by molar-refractivity contribution is 5.85. The lowest BCUT2D eigenvalue weighted by molar-refractivity contribution is -0.143. The summed E-state index contributed by atoms with van der Waals surface area (Å²) in [4.78, 5) is 8.87. The summed E-state index contributed by atoms with van der Waals surface area (Å²) in [7, 11) is 0. The molecule has 0 saturated heterocycles. The first-order valence-corrected chi connectivity index (χ1v) is 14.8. The number of anilines is 1. The number of pyridine rings is 1. The predicted molar refractivity (Wildman–Crippen MR) is 159 cm³/mol. The van der Waals surface area contributed by atoms with Crippen LogP contribution in [0.3, 0.4) is 0 Å². The Morgan fingerprint density at radius 2 is 1.55 bits per heavy atom. The van der Waals surface area contributed by atoms with E-state index in [4.69, 9.17) is 16.5 Å². The minimum Gasteiger partial charge on any atom is -0.368 e. The van der Waals surface area contributed by atoms with Gasteiger partial charge >= 0.3 is 12.4 Å². The van der Waals surface area contributed by atoms with Crippen LogP contribution < -0.4 is 21.8 Å². The summed E-state index contributed by atoms with van der Waals surface area (Å²) in [6.07, 6.45) is -5.39. The van der Waals surface area contributed by atoms with Crippen molar-refractivity contribution >= 4 is 22.7 Å². The van der Waals surface area contributed by atoms with Crippen LogP contribution in [-0.4, -0.2) is 42.0 Å². The summed E-state index contributed by atoms with van der Waals surface area (Å²) in [6, 6.07) is 9.38. The van der Waals surface area contributed by atoms with E-state index in [1.54, 1.807) is 0 Å². The van der Waals surface area contributed by atoms with Crippen LogP contribution in [0, 0.1) is 18.8 Å². The van der Waals surface area contributed by atoms with Crippen molar-refractivity contribution < 1.29 is 26.3 Å². The molecule has 0 aliphatic heterocycles. The fourth-order valence-electron chi connectivity index (χ4n) is 5.27. The molecule has 0 spiro atoms. The number of hydrogen-bond donors (Lipinski definition) is 3. The maximum Gasteiger partial charge on any atom is 0.416 e. The van der Waals surface area contributed by atoms with Gasteiger partial charge in [0, 0.05) is 50.2 Å². The maximum atomic E-state index is 13.7. The number of rotatable bonds is 12. The van der Waals surface area contributed by atoms with Crippen LogP contribution in [-0.2, 0) is 25.4 Å². The van der Waals surface area contributed by atoms with E-state index in [0.29, 0.717) is 11.8 Å². The van der Waals surface area contributed by atoms with E-state index in [1.807, 2.05) is 31.2 Å². The molecule has 44 heavy (non-hydrogen) atoms. The van der Waals surface area contributed by atoms with Crippen molar-refractivity contribution in [2.75, 3.05) is 31.1 Å². The number of halogens is 6. The standard InChI is InChI=1S/C31H37F6N7/c1-19-3-2-4-23-13-24(28(41-27(19)23)43(15-20-5-6-20)16-21-7-8-21)18-44(29(39)42-40-10-9-38)17-22-11-25(30(32,33)34)14-26(12-22)31(35,36)37/h2-4,11-14,20-21,40H,5-10,15-18,38H2,1H3,(H2,39,42). The summed E-state index contributed by atoms with van der Waals surface area (Å²) in [5.41, 5.74) is 14.2. The lowest BCUT2D eigenvalue weighted by Gasteiger charge is -2.30. The van der Waals surface area contributed by atoms with Gasteiger partial charge in [-0.2, -0.15) is 26.3 Å². The lowest BCUT2D eigenvalue weighted by atomic mass is 10.0. The van der Waals surface area contributed by atoms with Crippen LogP contribution in [0.5, 0.6) is 0 Å². The highest BCUT2D eigenvalue weighted by atomic mass is 19.4. The monoisotopic (exact) mass is 621 g/mol. The van der Waals surface area contributed by atoms with Gasteiger partial charge in [-0.25, -0.2) is 4.98 Å². The Balaban J connectivity index is 1.58. The van der Waals surface area contributed by atoms with E-state index in [0.717, 1.165) is 78.8 Å². The molecular formula is C31H37F6N7. The summed E-state index contributed by atoms with van der Waals surface area (Å²) in [6.45, 7) is 3.86. The summed E-state index contributed by atoms with van der Waals surface area (Å²) in [5.74, 6) is 1.77. The third kappa shape index (κ3) is 8.04. The molecule has 2 saturated carbocycles. The molecule has 3 aromatic rings. The number of aromatic nitrogens is 1. The van der Waals surface area contributed by atoms with E-state index in [2.05, 4.69) is 15.4 Å². The molecular weight excluding hydrogens is 584 g/mol. The van der Waals surface area contributed by atoms with Crippen molar-refractivity contribution in [3.63, 3.8) is 0 Å². The number of nitrogens with one attached hydrogen (secondary N) is 1. The predicted octanol–water partition coefficient (Wildman–Crippen LogP) is 5.99. The van der Waals surface area contributed by atoms with Crippen molar-refractivity contribution in [1.29, 1.82) is 0 Å². The van der Waals surface area contributed by atoms with Crippen molar-refractivity contribution in [2.45, 2.75) is 58.0 Å². The molecule has 5 rings (SSSR count). The molecule has 1 heterocycles. The molecule has 0 amide bonds. The van der Waals surface area contributed by atoms with Gasteiger partial charge in [-0.3, -0.25) is 0 Å². The SMILES string of the molecule is Cc1cccc2cc(CN(Cc3cc(C(F)(F)F)cc(C(F)(F)F)c3)/C(N)=N/NCCN)c(N(CC3CC3)CC3CC3)nc12. The maximum absolute atomic E-state index is 13.7. The molecule has 13 heteroatoms. The van der Waals surface area contributed by atoms with E-state index >= 15 is 0 Å². The first-order valence-electron chi connectivity index (χ1n) is 14.8. The molecule has 1 aromatic heterocycles. The molecule has 0 bridgehead atoms. The van der Waals surface area contributed by atoms with Gasteiger partial charge in [0.1, 0.15) is 5.82 Å². The van der Waals surface area contributed by atoms with Gasteiger partial charge in [-0.05, 0) is 79.8 Å². The molecule has 0 unspecified atom stereocenters. The molecule has 238 valence electrons. The fraction of sp³-hybridized carbons (Fsp3) is 0.484. The minimum absolute atomic E-state index is 0.0509. The van der Waals surface area contributed by atoms with Crippen LogP contribution in [0.15, 0.2) is 47.6 Å². The minimum atomic E-state index is -4.97. The topological polar surface area (TPSA) is 95.8 Å². The Morgan fingerprint density at radius 3 is 2.09 bits per heavy atom. The van der Waals surface area contributed by atoms with Gasteiger partial charge in [-0.15, -0.1) is 5.10 Å². The van der Waals surface area contributed by atoms with Gasteiger partial charge < -0.3 is 26.7 Å². The zero-order valence-corrected chi connectivity index (χ0v) is 24.5. The quantitative estimate of drug-likeness (QED) is 0.0757. The second-order valence-electron chi connectivity index (χ2n) is 11.8. The third-order valence-corrected chi connectivity index (χ3v) is 7.91. The highest BCUT2D eigenvalue weighted by Crippen LogP contribution is 2.39. The number of hydrazone groups is 1. The van der Waals surface area contributed by atoms with Crippen LogP contribution in [0.4, 0.5) is 32.2 Å². The average Bonchev–Trinajstić information content (AvgIpc) is 3.89. The second-order valence-corrected chi connectivity index (χ2v) is 11.8. The molecule has 2 aromatic carbocycles. The Kier molecular flexibility index (Phi) is 9.15. The zero-order valence-electron chi connectivity index (χ0n) is 24.5. The highest BCUT2D eigenvalue weighted by Gasteiger charge is 2.37. The number of hydrogen-bond acceptors (Lipinski definition) is 5. The van der Waals surface area contributed by atoms with Crippen LogP contribution >= 0.6 is 0 Å². The molecule has 0 radical (unpaired) electrons. The number of guanidine groups is 1. The van der Waals surface area contributed by atoms with Crippen molar-refractivity contribution in [1.82, 2.24) is 15.3 Å². The number of nitrogens with zero attached hydrogens (tertiary/aromatic N) is 4. The summed E-state index contributed by atoms with van der Waals surface area (Å²) in [5, 5.41) is 5.00. The summed E-state index contributed by atoms with van der Waals surface area (Å²) >= 11 is 0. The molecule has 2 fully saturated rings. The van der Waals surface area contributed by atoms with E-state index in [9.17, 15) is 26.3 Å². The van der Waals surface area contributed by atoms with Crippen LogP contribution in [0.25, 0.3) is 10.9 Å². The zero-order chi connectivity index (χ0) is 31.6. The number of nitrogens with two attached hydrogens (primary N) is 2. The fourth-order valence-corrected chi connectivity index (χ4v) is 5.27. The average molecular weight is 622 g/mol. The van der Waals surface area contributed by atoms with Crippen molar-refractivity contribution in [2.24, 2.45) is 28.4 Å². The number of benzene rings is 2. The number of alkyl halides is 6. The number of fused-ring (bicyclic) bond motifs is 1. The first kappa shape index (κ1) is 31.7. The molecule has 0 atom stereocenters. The molecule has 2 aliphatic carbocycles. The van der Waals surface area contributed by atoms with E-state index in [1.165, 1.54) is 4.90 Å². The van der Waals surface area contributed by atoms with E-state index in [-0.39, 0.29) is 43.8 Å². The van der Waals surface area contributed by atoms with Crippen LogP contribution in [0.1, 0.15) is 53.5 Å². The van der Waals surface area contributed by atoms with Gasteiger partial charge in [0.2, 0.25) is 5.96 Å². The number of para-hydroxylation sites is 1. The van der Waals surface area contributed by atoms with Gasteiger partial charge in [0.25, 0.3) is 0 Å². The van der Waals surface area contributed by atoms with Gasteiger partial charge in [-0.1, -0.05) is 18.2 Å². The molecule has 5 N–H and O–H groups in total. The lowest BCUT2D eigenvalue weighted by Crippen LogP contribution is -2.39. The normalized spacial score (nSPS) is 16.0.